The van der Waals surface area contributed by atoms with E-state index in [0.29, 0.717) is 0 Å². The molecule has 0 saturated carbocycles. The largest absolute Gasteiger partial charge is 0.390 e. The van der Waals surface area contributed by atoms with Crippen LogP contribution in [0.4, 0.5) is 0 Å². The quantitative estimate of drug-likeness (QED) is 0.148. The van der Waals surface area contributed by atoms with Gasteiger partial charge in [-0.3, -0.25) is 52.7 Å². The van der Waals surface area contributed by atoms with E-state index < -0.39 is 150 Å². The summed E-state index contributed by atoms with van der Waals surface area (Å²) in [6, 6.07) is -12.3. The van der Waals surface area contributed by atoms with Crippen molar-refractivity contribution >= 4 is 65.0 Å². The Morgan fingerprint density at radius 2 is 0.812 bits per heavy atom. The van der Waals surface area contributed by atoms with Crippen LogP contribution >= 0.6 is 0 Å². The Labute approximate surface area is 508 Å². The first-order chi connectivity index (χ1) is 39.2. The van der Waals surface area contributed by atoms with E-state index in [0.717, 1.165) is 9.80 Å². The number of aliphatic hydroxyl groups is 1. The van der Waals surface area contributed by atoms with E-state index >= 15 is 9.59 Å². The van der Waals surface area contributed by atoms with Gasteiger partial charge in [-0.2, -0.15) is 0 Å². The van der Waals surface area contributed by atoms with Crippen LogP contribution in [0.2, 0.25) is 0 Å². The smallest absolute Gasteiger partial charge is 0.246 e. The lowest BCUT2D eigenvalue weighted by molar-refractivity contribution is -0.156. The second-order valence-corrected chi connectivity index (χ2v) is 26.2. The number of rotatable bonds is 15. The van der Waals surface area contributed by atoms with Gasteiger partial charge in [0.05, 0.1) is 12.6 Å². The number of hydrogen-bond donors (Lipinski definition) is 5. The molecule has 85 heavy (non-hydrogen) atoms. The predicted octanol–water partition coefficient (Wildman–Crippen LogP) is 3.27. The molecular weight excluding hydrogens is 1090 g/mol. The van der Waals surface area contributed by atoms with Crippen LogP contribution in [0.15, 0.2) is 12.2 Å². The molecule has 11 amide bonds. The van der Waals surface area contributed by atoms with E-state index in [9.17, 15) is 48.3 Å². The SMILES string of the molecule is C/C=C/C(C)C(O)C1C(=O)NC(CC)C(=O)N(C)CC(=O)N(C)C(CC(C)C)C(=O)NC(C(C)C)C(=O)N(C)C(CC(C)C)C(=O)NC(C)C(=O)NC(C)C(=O)N(C)C(CC(C)C)C(=O)N(C)C(CC(C)C)C(=O)N(C)C(CC(C)C)C(=O)N1C. The van der Waals surface area contributed by atoms with Gasteiger partial charge in [-0.25, -0.2) is 0 Å². The summed E-state index contributed by atoms with van der Waals surface area (Å²) in [5, 5.41) is 23.0. The van der Waals surface area contributed by atoms with Gasteiger partial charge in [-0.1, -0.05) is 109 Å². The highest BCUT2D eigenvalue weighted by atomic mass is 16.3. The van der Waals surface area contributed by atoms with E-state index in [1.807, 2.05) is 69.2 Å². The number of hydrogen-bond acceptors (Lipinski definition) is 12. The number of nitrogens with one attached hydrogen (secondary N) is 4. The van der Waals surface area contributed by atoms with Crippen molar-refractivity contribution in [1.82, 2.24) is 55.6 Å². The number of aliphatic hydroxyl groups excluding tert-OH is 1. The molecule has 1 heterocycles. The minimum atomic E-state index is -1.62. The third kappa shape index (κ3) is 22.0. The fourth-order valence-corrected chi connectivity index (χ4v) is 10.6. The molecule has 5 N–H and O–H groups in total. The van der Waals surface area contributed by atoms with Crippen molar-refractivity contribution in [2.45, 2.75) is 223 Å². The topological polar surface area (TPSA) is 279 Å². The number of carbonyl (C=O) groups is 11. The lowest BCUT2D eigenvalue weighted by Crippen LogP contribution is -2.63. The number of likely N-dealkylation sites (N-methyl/N-ethyl adjacent to an activating group) is 7. The number of carbonyl (C=O) groups excluding carboxylic acids is 11. The average molecular weight is 1200 g/mol. The molecule has 0 spiro atoms. The summed E-state index contributed by atoms with van der Waals surface area (Å²) in [6.07, 6.45) is 2.55. The first kappa shape index (κ1) is 76.9. The molecule has 23 nitrogen and oxygen atoms in total. The van der Waals surface area contributed by atoms with Crippen molar-refractivity contribution in [3.8, 4) is 0 Å². The highest BCUT2D eigenvalue weighted by Crippen LogP contribution is 2.25. The van der Waals surface area contributed by atoms with Gasteiger partial charge in [0.25, 0.3) is 0 Å². The molecule has 0 aliphatic carbocycles. The summed E-state index contributed by atoms with van der Waals surface area (Å²) in [6.45, 7) is 29.5. The van der Waals surface area contributed by atoms with Crippen molar-refractivity contribution in [3.63, 3.8) is 0 Å². The molecule has 23 heteroatoms. The van der Waals surface area contributed by atoms with Gasteiger partial charge in [0.1, 0.15) is 60.4 Å². The van der Waals surface area contributed by atoms with E-state index in [2.05, 4.69) is 21.3 Å². The third-order valence-corrected chi connectivity index (χ3v) is 15.9. The second kappa shape index (κ2) is 34.9. The average Bonchev–Trinajstić information content (AvgIpc) is 3.55. The molecule has 0 bridgehead atoms. The van der Waals surface area contributed by atoms with Gasteiger partial charge in [0.2, 0.25) is 65.0 Å². The molecule has 1 saturated heterocycles. The second-order valence-electron chi connectivity index (χ2n) is 26.2. The lowest BCUT2D eigenvalue weighted by atomic mass is 9.93. The maximum absolute atomic E-state index is 15.2. The Kier molecular flexibility index (Phi) is 31.5. The zero-order chi connectivity index (χ0) is 66.0. The zero-order valence-corrected chi connectivity index (χ0v) is 56.1. The predicted molar refractivity (Wildman–Crippen MR) is 328 cm³/mol. The summed E-state index contributed by atoms with van der Waals surface area (Å²) in [4.78, 5) is 169. The molecule has 12 atom stereocenters. The van der Waals surface area contributed by atoms with Crippen LogP contribution in [0.1, 0.15) is 156 Å². The molecule has 1 aliphatic heterocycles. The van der Waals surface area contributed by atoms with E-state index in [4.69, 9.17) is 0 Å². The lowest BCUT2D eigenvalue weighted by Gasteiger charge is -2.41. The first-order valence-corrected chi connectivity index (χ1v) is 30.6. The van der Waals surface area contributed by atoms with Crippen molar-refractivity contribution in [1.29, 1.82) is 0 Å². The molecule has 0 aromatic rings. The molecule has 0 radical (unpaired) electrons. The van der Waals surface area contributed by atoms with E-state index in [1.54, 1.807) is 46.8 Å². The first-order valence-electron chi connectivity index (χ1n) is 30.6. The van der Waals surface area contributed by atoms with Crippen LogP contribution in [-0.4, -0.2) is 227 Å². The van der Waals surface area contributed by atoms with E-state index in [1.165, 1.54) is 87.7 Å². The summed E-state index contributed by atoms with van der Waals surface area (Å²) >= 11 is 0. The van der Waals surface area contributed by atoms with Crippen LogP contribution in [0.5, 0.6) is 0 Å². The standard InChI is InChI=1S/C62H111N11O12/c1-25-27-40(15)52(75)51-56(79)65-43(26-2)58(81)67(18)33-49(74)68(19)44(28-34(3)4)55(78)66-50(39(13)14)62(85)69(20)45(29-35(5)6)54(77)63-41(16)53(76)64-42(17)57(80)70(21)46(30-36(7)8)59(82)71(22)47(31-37(9)10)60(83)72(23)48(32-38(11)12)61(84)73(51)24/h25,27,34-48,50-52,75H,26,28-33H2,1-24H3,(H,63,77)(H,64,76)(H,65,79)(H,66,78)/b27-25+. The maximum atomic E-state index is 15.2. The fourth-order valence-electron chi connectivity index (χ4n) is 10.6. The highest BCUT2D eigenvalue weighted by Gasteiger charge is 2.45. The number of nitrogens with zero attached hydrogens (tertiary/aromatic N) is 7. The van der Waals surface area contributed by atoms with Gasteiger partial charge in [-0.05, 0) is 94.8 Å². The Balaban J connectivity index is 4.33. The Morgan fingerprint density at radius 3 is 1.21 bits per heavy atom. The van der Waals surface area contributed by atoms with Gasteiger partial charge in [-0.15, -0.1) is 0 Å². The van der Waals surface area contributed by atoms with Crippen LogP contribution in [0.3, 0.4) is 0 Å². The molecule has 1 aliphatic rings. The van der Waals surface area contributed by atoms with Gasteiger partial charge in [0, 0.05) is 55.3 Å². The van der Waals surface area contributed by atoms with Crippen molar-refractivity contribution in [3.05, 3.63) is 12.2 Å². The van der Waals surface area contributed by atoms with Crippen molar-refractivity contribution in [2.75, 3.05) is 55.9 Å². The van der Waals surface area contributed by atoms with Gasteiger partial charge < -0.3 is 60.7 Å². The van der Waals surface area contributed by atoms with Crippen LogP contribution in [0.25, 0.3) is 0 Å². The van der Waals surface area contributed by atoms with Crippen molar-refractivity contribution < 1.29 is 57.8 Å². The maximum Gasteiger partial charge on any atom is 0.246 e. The van der Waals surface area contributed by atoms with Gasteiger partial charge in [0.15, 0.2) is 0 Å². The minimum Gasteiger partial charge on any atom is -0.390 e. The minimum absolute atomic E-state index is 0.0205. The Morgan fingerprint density at radius 1 is 0.447 bits per heavy atom. The molecule has 0 aromatic carbocycles. The Bertz CT molecular complexity index is 2330. The monoisotopic (exact) mass is 1200 g/mol. The number of allylic oxidation sites excluding steroid dienone is 1. The van der Waals surface area contributed by atoms with Gasteiger partial charge >= 0.3 is 0 Å². The summed E-state index contributed by atoms with van der Waals surface area (Å²) in [5.74, 6) is -9.41. The molecule has 1 fully saturated rings. The molecule has 0 aromatic heterocycles. The third-order valence-electron chi connectivity index (χ3n) is 15.9. The summed E-state index contributed by atoms with van der Waals surface area (Å²) in [5.41, 5.74) is 0. The van der Waals surface area contributed by atoms with Crippen LogP contribution in [-0.2, 0) is 52.7 Å². The van der Waals surface area contributed by atoms with Crippen LogP contribution < -0.4 is 21.3 Å². The summed E-state index contributed by atoms with van der Waals surface area (Å²) in [7, 11) is 9.93. The van der Waals surface area contributed by atoms with E-state index in [-0.39, 0.29) is 68.1 Å². The zero-order valence-electron chi connectivity index (χ0n) is 56.1. The molecule has 12 unspecified atom stereocenters. The summed E-state index contributed by atoms with van der Waals surface area (Å²) < 4.78 is 0. The number of amides is 11. The van der Waals surface area contributed by atoms with Crippen LogP contribution in [0, 0.1) is 41.4 Å². The highest BCUT2D eigenvalue weighted by molar-refractivity contribution is 5.99. The fraction of sp³-hybridized carbons (Fsp3) is 0.790. The van der Waals surface area contributed by atoms with Crippen molar-refractivity contribution in [2.24, 2.45) is 41.4 Å². The molecular formula is C62H111N11O12. The Hall–Kier alpha value is -6.13. The molecule has 1 rings (SSSR count). The normalized spacial score (nSPS) is 26.9. The molecule has 486 valence electrons.